The lowest BCUT2D eigenvalue weighted by Gasteiger charge is -2.17. The maximum atomic E-state index is 5.57. The third-order valence-corrected chi connectivity index (χ3v) is 3.45. The van der Waals surface area contributed by atoms with E-state index in [4.69, 9.17) is 4.42 Å². The van der Waals surface area contributed by atoms with Crippen LogP contribution in [-0.4, -0.2) is 11.5 Å². The van der Waals surface area contributed by atoms with Gasteiger partial charge in [0.1, 0.15) is 5.76 Å². The maximum Gasteiger partial charge on any atom is 0.135 e. The Balaban J connectivity index is 2.13. The molecule has 0 aromatic carbocycles. The molecule has 1 atom stereocenters. The lowest BCUT2D eigenvalue weighted by Crippen LogP contribution is -2.24. The molecule has 4 heteroatoms. The topological polar surface area (TPSA) is 38.1 Å². The van der Waals surface area contributed by atoms with Crippen LogP contribution in [0.4, 0.5) is 0 Å². The number of rotatable bonds is 6. The Morgan fingerprint density at radius 1 is 1.33 bits per heavy atom. The normalized spacial score (nSPS) is 12.6. The van der Waals surface area contributed by atoms with E-state index in [0.717, 1.165) is 29.6 Å². The van der Waals surface area contributed by atoms with Crippen LogP contribution in [0.5, 0.6) is 0 Å². The highest BCUT2D eigenvalue weighted by molar-refractivity contribution is 9.10. The van der Waals surface area contributed by atoms with Crippen LogP contribution in [0.15, 0.2) is 45.7 Å². The number of nitrogens with zero attached hydrogens (tertiary/aromatic N) is 1. The van der Waals surface area contributed by atoms with E-state index >= 15 is 0 Å². The molecule has 96 valence electrons. The Morgan fingerprint density at radius 2 is 2.11 bits per heavy atom. The first-order chi connectivity index (χ1) is 8.81. The molecule has 0 aliphatic carbocycles. The molecule has 0 aliphatic rings. The molecule has 0 saturated heterocycles. The fourth-order valence-corrected chi connectivity index (χ4v) is 2.36. The lowest BCUT2D eigenvalue weighted by molar-refractivity contribution is 0.408. The predicted octanol–water partition coefficient (Wildman–Crippen LogP) is 3.72. The van der Waals surface area contributed by atoms with Crippen molar-refractivity contribution in [3.05, 3.63) is 52.7 Å². The first-order valence-corrected chi connectivity index (χ1v) is 6.95. The second-order valence-electron chi connectivity index (χ2n) is 4.20. The molecule has 0 amide bonds. The fourth-order valence-electron chi connectivity index (χ4n) is 1.88. The average Bonchev–Trinajstić information content (AvgIpc) is 2.82. The molecule has 18 heavy (non-hydrogen) atoms. The van der Waals surface area contributed by atoms with Gasteiger partial charge in [0.2, 0.25) is 0 Å². The first-order valence-electron chi connectivity index (χ1n) is 6.16. The van der Waals surface area contributed by atoms with Gasteiger partial charge < -0.3 is 9.73 Å². The van der Waals surface area contributed by atoms with Crippen molar-refractivity contribution in [3.63, 3.8) is 0 Å². The SMILES string of the molecule is CCCNC(Cc1ccncc1)c1occc1Br. The summed E-state index contributed by atoms with van der Waals surface area (Å²) in [4.78, 5) is 4.04. The number of hydrogen-bond acceptors (Lipinski definition) is 3. The van der Waals surface area contributed by atoms with Gasteiger partial charge in [-0.3, -0.25) is 4.98 Å². The van der Waals surface area contributed by atoms with Crippen LogP contribution in [0, 0.1) is 0 Å². The van der Waals surface area contributed by atoms with E-state index in [1.54, 1.807) is 6.26 Å². The van der Waals surface area contributed by atoms with Gasteiger partial charge in [0.25, 0.3) is 0 Å². The van der Waals surface area contributed by atoms with Crippen LogP contribution in [0.3, 0.4) is 0 Å². The minimum atomic E-state index is 0.191. The summed E-state index contributed by atoms with van der Waals surface area (Å²) in [6.45, 7) is 3.14. The minimum Gasteiger partial charge on any atom is -0.466 e. The summed E-state index contributed by atoms with van der Waals surface area (Å²) in [5, 5.41) is 3.52. The van der Waals surface area contributed by atoms with Crippen LogP contribution in [-0.2, 0) is 6.42 Å². The highest BCUT2D eigenvalue weighted by Gasteiger charge is 2.17. The lowest BCUT2D eigenvalue weighted by atomic mass is 10.1. The summed E-state index contributed by atoms with van der Waals surface area (Å²) in [6.07, 6.45) is 7.36. The third kappa shape index (κ3) is 3.43. The molecule has 2 heterocycles. The molecule has 3 nitrogen and oxygen atoms in total. The summed E-state index contributed by atoms with van der Waals surface area (Å²) in [7, 11) is 0. The highest BCUT2D eigenvalue weighted by Crippen LogP contribution is 2.27. The highest BCUT2D eigenvalue weighted by atomic mass is 79.9. The molecule has 2 aromatic heterocycles. The largest absolute Gasteiger partial charge is 0.466 e. The summed E-state index contributed by atoms with van der Waals surface area (Å²) in [6, 6.07) is 6.20. The zero-order chi connectivity index (χ0) is 12.8. The van der Waals surface area contributed by atoms with Crippen molar-refractivity contribution >= 4 is 15.9 Å². The van der Waals surface area contributed by atoms with Crippen LogP contribution in [0.25, 0.3) is 0 Å². The molecule has 1 unspecified atom stereocenters. The summed E-state index contributed by atoms with van der Waals surface area (Å²) >= 11 is 3.53. The van der Waals surface area contributed by atoms with E-state index in [-0.39, 0.29) is 6.04 Å². The molecule has 0 aliphatic heterocycles. The van der Waals surface area contributed by atoms with E-state index in [1.807, 2.05) is 30.6 Å². The monoisotopic (exact) mass is 308 g/mol. The Hall–Kier alpha value is -1.13. The molecule has 0 radical (unpaired) electrons. The smallest absolute Gasteiger partial charge is 0.135 e. The summed E-state index contributed by atoms with van der Waals surface area (Å²) in [5.41, 5.74) is 1.25. The van der Waals surface area contributed by atoms with Gasteiger partial charge in [-0.05, 0) is 59.1 Å². The molecular formula is C14H17BrN2O. The van der Waals surface area contributed by atoms with Crippen LogP contribution in [0.1, 0.15) is 30.7 Å². The molecule has 1 N–H and O–H groups in total. The van der Waals surface area contributed by atoms with Crippen LogP contribution >= 0.6 is 15.9 Å². The van der Waals surface area contributed by atoms with Crippen molar-refractivity contribution in [2.45, 2.75) is 25.8 Å². The fraction of sp³-hybridized carbons (Fsp3) is 0.357. The van der Waals surface area contributed by atoms with Crippen molar-refractivity contribution in [1.82, 2.24) is 10.3 Å². The van der Waals surface area contributed by atoms with Gasteiger partial charge in [0, 0.05) is 12.4 Å². The second-order valence-corrected chi connectivity index (χ2v) is 5.05. The van der Waals surface area contributed by atoms with Gasteiger partial charge >= 0.3 is 0 Å². The quantitative estimate of drug-likeness (QED) is 0.884. The molecule has 2 aromatic rings. The van der Waals surface area contributed by atoms with Crippen molar-refractivity contribution in [2.75, 3.05) is 6.54 Å². The van der Waals surface area contributed by atoms with E-state index < -0.39 is 0 Å². The number of nitrogens with one attached hydrogen (secondary N) is 1. The van der Waals surface area contributed by atoms with Gasteiger partial charge in [-0.1, -0.05) is 6.92 Å². The summed E-state index contributed by atoms with van der Waals surface area (Å²) in [5.74, 6) is 0.959. The van der Waals surface area contributed by atoms with Crippen molar-refractivity contribution in [3.8, 4) is 0 Å². The van der Waals surface area contributed by atoms with Gasteiger partial charge in [-0.25, -0.2) is 0 Å². The second kappa shape index (κ2) is 6.71. The van der Waals surface area contributed by atoms with Gasteiger partial charge in [-0.15, -0.1) is 0 Å². The van der Waals surface area contributed by atoms with Gasteiger partial charge in [0.05, 0.1) is 16.8 Å². The van der Waals surface area contributed by atoms with E-state index in [9.17, 15) is 0 Å². The number of halogens is 1. The molecular weight excluding hydrogens is 292 g/mol. The Bertz CT molecular complexity index is 470. The van der Waals surface area contributed by atoms with Crippen molar-refractivity contribution in [1.29, 1.82) is 0 Å². The predicted molar refractivity (Wildman–Crippen MR) is 75.4 cm³/mol. The standard InChI is InChI=1S/C14H17BrN2O/c1-2-6-17-13(14-12(15)5-9-18-14)10-11-3-7-16-8-4-11/h3-5,7-9,13,17H,2,6,10H2,1H3. The van der Waals surface area contributed by atoms with Crippen LogP contribution < -0.4 is 5.32 Å². The molecule has 0 bridgehead atoms. The zero-order valence-electron chi connectivity index (χ0n) is 10.4. The van der Waals surface area contributed by atoms with Crippen molar-refractivity contribution < 1.29 is 4.42 Å². The molecule has 0 spiro atoms. The van der Waals surface area contributed by atoms with Gasteiger partial charge in [-0.2, -0.15) is 0 Å². The number of aromatic nitrogens is 1. The van der Waals surface area contributed by atoms with E-state index in [2.05, 4.69) is 33.2 Å². The minimum absolute atomic E-state index is 0.191. The van der Waals surface area contributed by atoms with Crippen molar-refractivity contribution in [2.24, 2.45) is 0 Å². The Labute approximate surface area is 116 Å². The number of hydrogen-bond donors (Lipinski definition) is 1. The molecule has 0 saturated carbocycles. The molecule has 0 fully saturated rings. The zero-order valence-corrected chi connectivity index (χ0v) is 12.0. The van der Waals surface area contributed by atoms with E-state index in [1.165, 1.54) is 5.56 Å². The Morgan fingerprint density at radius 3 is 2.72 bits per heavy atom. The molecule has 2 rings (SSSR count). The number of furan rings is 1. The third-order valence-electron chi connectivity index (χ3n) is 2.79. The summed E-state index contributed by atoms with van der Waals surface area (Å²) < 4.78 is 6.59. The van der Waals surface area contributed by atoms with E-state index in [0.29, 0.717) is 0 Å². The first kappa shape index (κ1) is 13.3. The van der Waals surface area contributed by atoms with Gasteiger partial charge in [0.15, 0.2) is 0 Å². The van der Waals surface area contributed by atoms with Crippen LogP contribution in [0.2, 0.25) is 0 Å². The Kier molecular flexibility index (Phi) is 4.96. The average molecular weight is 309 g/mol. The maximum absolute atomic E-state index is 5.57. The number of pyridine rings is 1.